The molecule has 5 rings (SSSR count). The van der Waals surface area contributed by atoms with Crippen molar-refractivity contribution in [3.63, 3.8) is 0 Å². The van der Waals surface area contributed by atoms with Gasteiger partial charge in [0.1, 0.15) is 18.2 Å². The van der Waals surface area contributed by atoms with Crippen molar-refractivity contribution in [1.82, 2.24) is 4.98 Å². The predicted molar refractivity (Wildman–Crippen MR) is 147 cm³/mol. The van der Waals surface area contributed by atoms with E-state index in [9.17, 15) is 14.3 Å². The number of aromatic nitrogens is 1. The largest absolute Gasteiger partial charge is 0.489 e. The number of carbonyl (C=O) groups is 1. The molecular formula is C32H36FNO5. The lowest BCUT2D eigenvalue weighted by atomic mass is 9.78. The van der Waals surface area contributed by atoms with Crippen LogP contribution in [-0.2, 0) is 28.0 Å². The molecule has 1 N–H and O–H groups in total. The van der Waals surface area contributed by atoms with Crippen LogP contribution in [0.2, 0.25) is 0 Å². The first-order chi connectivity index (χ1) is 18.6. The van der Waals surface area contributed by atoms with Gasteiger partial charge in [0, 0.05) is 24.2 Å². The average molecular weight is 534 g/mol. The van der Waals surface area contributed by atoms with Crippen LogP contribution in [0.4, 0.5) is 4.39 Å². The fourth-order valence-corrected chi connectivity index (χ4v) is 6.27. The van der Waals surface area contributed by atoms with Gasteiger partial charge in [0.2, 0.25) is 5.88 Å². The molecular weight excluding hydrogens is 497 g/mol. The molecule has 0 bridgehead atoms. The zero-order valence-electron chi connectivity index (χ0n) is 23.2. The summed E-state index contributed by atoms with van der Waals surface area (Å²) in [6.07, 6.45) is 4.46. The van der Waals surface area contributed by atoms with Gasteiger partial charge in [0.15, 0.2) is 0 Å². The maximum absolute atomic E-state index is 15.0. The van der Waals surface area contributed by atoms with Crippen LogP contribution in [0.15, 0.2) is 48.7 Å². The molecule has 1 fully saturated rings. The highest BCUT2D eigenvalue weighted by atomic mass is 19.1. The van der Waals surface area contributed by atoms with Crippen LogP contribution in [-0.4, -0.2) is 30.3 Å². The van der Waals surface area contributed by atoms with Crippen molar-refractivity contribution in [3.8, 4) is 22.8 Å². The molecule has 3 atom stereocenters. The maximum Gasteiger partial charge on any atom is 0.307 e. The van der Waals surface area contributed by atoms with Gasteiger partial charge in [-0.25, -0.2) is 9.37 Å². The standard InChI is InChI=1S/C32H36FNO5/c1-31(2,3)29(38-5)24-13-19(8-11-22(24)23-15-28(37-4)34-17-27(23)33)18-39-21-10-9-20-7-6-12-32(25(20)14-21)16-26(32)30(35)36/h8-11,13-15,17,26,29H,6-7,12,16,18H2,1-5H3,(H,35,36)/t26-,29+,32-/m0/s1. The number of carboxylic acids is 1. The summed E-state index contributed by atoms with van der Waals surface area (Å²) in [7, 11) is 3.17. The number of carboxylic acid groups (broad SMARTS) is 1. The van der Waals surface area contributed by atoms with Crippen molar-refractivity contribution in [1.29, 1.82) is 0 Å². The summed E-state index contributed by atoms with van der Waals surface area (Å²) in [4.78, 5) is 15.7. The number of pyridine rings is 1. The van der Waals surface area contributed by atoms with Crippen molar-refractivity contribution in [3.05, 3.63) is 76.7 Å². The van der Waals surface area contributed by atoms with E-state index in [4.69, 9.17) is 14.2 Å². The van der Waals surface area contributed by atoms with Gasteiger partial charge in [-0.1, -0.05) is 39.0 Å². The Morgan fingerprint density at radius 2 is 1.95 bits per heavy atom. The summed E-state index contributed by atoms with van der Waals surface area (Å²) < 4.78 is 32.4. The number of ether oxygens (including phenoxy) is 3. The van der Waals surface area contributed by atoms with Gasteiger partial charge in [-0.2, -0.15) is 0 Å². The molecule has 0 unspecified atom stereocenters. The van der Waals surface area contributed by atoms with E-state index in [1.165, 1.54) is 18.9 Å². The SMILES string of the molecule is COc1cc(-c2ccc(COc3ccc4c(c3)[C@]3(CCC4)C[C@H]3C(=O)O)cc2[C@@H](OC)C(C)(C)C)c(F)cn1. The van der Waals surface area contributed by atoms with E-state index in [0.29, 0.717) is 30.0 Å². The Kier molecular flexibility index (Phi) is 7.14. The van der Waals surface area contributed by atoms with E-state index in [1.807, 2.05) is 30.3 Å². The molecule has 1 aromatic heterocycles. The van der Waals surface area contributed by atoms with Crippen molar-refractivity contribution < 1.29 is 28.5 Å². The minimum absolute atomic E-state index is 0.248. The van der Waals surface area contributed by atoms with Gasteiger partial charge in [0.05, 0.1) is 25.3 Å². The highest BCUT2D eigenvalue weighted by Gasteiger charge is 2.60. The Balaban J connectivity index is 1.46. The monoisotopic (exact) mass is 533 g/mol. The number of rotatable bonds is 8. The molecule has 2 aromatic carbocycles. The first kappa shape index (κ1) is 27.1. The summed E-state index contributed by atoms with van der Waals surface area (Å²) in [6, 6.07) is 13.5. The number of aryl methyl sites for hydroxylation is 1. The maximum atomic E-state index is 15.0. The Morgan fingerprint density at radius 3 is 2.62 bits per heavy atom. The van der Waals surface area contributed by atoms with E-state index in [1.54, 1.807) is 13.2 Å². The van der Waals surface area contributed by atoms with Gasteiger partial charge in [0.25, 0.3) is 0 Å². The third-order valence-electron chi connectivity index (χ3n) is 8.22. The van der Waals surface area contributed by atoms with Gasteiger partial charge in [-0.15, -0.1) is 0 Å². The Bertz CT molecular complexity index is 1400. The predicted octanol–water partition coefficient (Wildman–Crippen LogP) is 6.89. The summed E-state index contributed by atoms with van der Waals surface area (Å²) in [5, 5.41) is 9.64. The number of benzene rings is 2. The minimum Gasteiger partial charge on any atom is -0.489 e. The van der Waals surface area contributed by atoms with E-state index in [2.05, 4.69) is 31.8 Å². The smallest absolute Gasteiger partial charge is 0.307 e. The number of aliphatic carboxylic acids is 1. The molecule has 206 valence electrons. The molecule has 1 saturated carbocycles. The molecule has 7 heteroatoms. The number of hydrogen-bond acceptors (Lipinski definition) is 5. The molecule has 39 heavy (non-hydrogen) atoms. The van der Waals surface area contributed by atoms with Crippen LogP contribution in [0, 0.1) is 17.2 Å². The lowest BCUT2D eigenvalue weighted by Crippen LogP contribution is -2.21. The molecule has 0 saturated heterocycles. The topological polar surface area (TPSA) is 77.9 Å². The second-order valence-electron chi connectivity index (χ2n) is 11.8. The molecule has 1 heterocycles. The van der Waals surface area contributed by atoms with Crippen LogP contribution in [0.25, 0.3) is 11.1 Å². The second kappa shape index (κ2) is 10.3. The molecule has 2 aliphatic rings. The summed E-state index contributed by atoms with van der Waals surface area (Å²) in [5.74, 6) is -0.400. The molecule has 3 aromatic rings. The van der Waals surface area contributed by atoms with E-state index in [0.717, 1.165) is 41.7 Å². The second-order valence-corrected chi connectivity index (χ2v) is 11.8. The normalized spacial score (nSPS) is 20.8. The van der Waals surface area contributed by atoms with Crippen LogP contribution < -0.4 is 9.47 Å². The third-order valence-corrected chi connectivity index (χ3v) is 8.22. The number of nitrogens with zero attached hydrogens (tertiary/aromatic N) is 1. The quantitative estimate of drug-likeness (QED) is 0.340. The summed E-state index contributed by atoms with van der Waals surface area (Å²) in [6.45, 7) is 6.57. The Hall–Kier alpha value is -3.45. The fourth-order valence-electron chi connectivity index (χ4n) is 6.27. The molecule has 6 nitrogen and oxygen atoms in total. The van der Waals surface area contributed by atoms with Gasteiger partial charge in [-0.3, -0.25) is 4.79 Å². The van der Waals surface area contributed by atoms with Crippen molar-refractivity contribution in [2.75, 3.05) is 14.2 Å². The Morgan fingerprint density at radius 1 is 1.15 bits per heavy atom. The number of fused-ring (bicyclic) bond motifs is 2. The van der Waals surface area contributed by atoms with Crippen LogP contribution in [0.5, 0.6) is 11.6 Å². The van der Waals surface area contributed by atoms with Gasteiger partial charge >= 0.3 is 5.97 Å². The molecule has 1 spiro atoms. The fraction of sp³-hybridized carbons (Fsp3) is 0.438. The van der Waals surface area contributed by atoms with Crippen molar-refractivity contribution in [2.24, 2.45) is 11.3 Å². The average Bonchev–Trinajstić information content (AvgIpc) is 3.63. The highest BCUT2D eigenvalue weighted by Crippen LogP contribution is 2.60. The van der Waals surface area contributed by atoms with Gasteiger partial charge in [-0.05, 0) is 77.1 Å². The lowest BCUT2D eigenvalue weighted by Gasteiger charge is -2.32. The molecule has 0 radical (unpaired) electrons. The van der Waals surface area contributed by atoms with Crippen molar-refractivity contribution in [2.45, 2.75) is 64.6 Å². The van der Waals surface area contributed by atoms with Crippen LogP contribution >= 0.6 is 0 Å². The highest BCUT2D eigenvalue weighted by molar-refractivity contribution is 5.78. The number of hydrogen-bond donors (Lipinski definition) is 1. The van der Waals surface area contributed by atoms with Gasteiger partial charge < -0.3 is 19.3 Å². The zero-order valence-corrected chi connectivity index (χ0v) is 23.2. The Labute approximate surface area is 229 Å². The van der Waals surface area contributed by atoms with E-state index >= 15 is 0 Å². The lowest BCUT2D eigenvalue weighted by molar-refractivity contribution is -0.139. The first-order valence-electron chi connectivity index (χ1n) is 13.4. The van der Waals surface area contributed by atoms with Crippen LogP contribution in [0.1, 0.15) is 68.4 Å². The van der Waals surface area contributed by atoms with E-state index < -0.39 is 11.8 Å². The van der Waals surface area contributed by atoms with E-state index in [-0.39, 0.29) is 22.9 Å². The molecule has 0 aliphatic heterocycles. The molecule has 0 amide bonds. The third kappa shape index (κ3) is 5.12. The summed E-state index contributed by atoms with van der Waals surface area (Å²) >= 11 is 0. The first-order valence-corrected chi connectivity index (χ1v) is 13.4. The van der Waals surface area contributed by atoms with Crippen molar-refractivity contribution >= 4 is 5.97 Å². The number of halogens is 1. The summed E-state index contributed by atoms with van der Waals surface area (Å²) in [5.41, 5.74) is 4.73. The van der Waals surface area contributed by atoms with Crippen LogP contribution in [0.3, 0.4) is 0 Å². The minimum atomic E-state index is -0.711. The number of methoxy groups -OCH3 is 2. The zero-order chi connectivity index (χ0) is 27.9. The molecule has 2 aliphatic carbocycles.